The van der Waals surface area contributed by atoms with E-state index in [1.807, 2.05) is 6.92 Å². The Morgan fingerprint density at radius 2 is 1.66 bits per heavy atom. The van der Waals surface area contributed by atoms with E-state index in [-0.39, 0.29) is 11.5 Å². The van der Waals surface area contributed by atoms with E-state index < -0.39 is 35.5 Å². The van der Waals surface area contributed by atoms with Gasteiger partial charge < -0.3 is 15.4 Å². The van der Waals surface area contributed by atoms with Crippen LogP contribution in [0.1, 0.15) is 49.7 Å². The molecule has 0 bridgehead atoms. The number of halogens is 2. The van der Waals surface area contributed by atoms with Crippen LogP contribution in [0.3, 0.4) is 0 Å². The largest absolute Gasteiger partial charge is 0.494 e. The van der Waals surface area contributed by atoms with Gasteiger partial charge in [-0.1, -0.05) is 19.9 Å². The van der Waals surface area contributed by atoms with Gasteiger partial charge in [0.25, 0.3) is 5.91 Å². The van der Waals surface area contributed by atoms with E-state index in [4.69, 9.17) is 4.74 Å². The number of hydrogen-bond donors (Lipinski definition) is 2. The molecule has 2 unspecified atom stereocenters. The molecule has 0 aliphatic heterocycles. The smallest absolute Gasteiger partial charge is 0.251 e. The Labute approximate surface area is 169 Å². The van der Waals surface area contributed by atoms with Crippen LogP contribution < -0.4 is 15.4 Å². The average molecular weight is 404 g/mol. The number of nitrogens with one attached hydrogen (secondary N) is 2. The molecular formula is C22H26F2N2O3. The molecule has 156 valence electrons. The van der Waals surface area contributed by atoms with Crippen molar-refractivity contribution >= 4 is 11.8 Å². The Kier molecular flexibility index (Phi) is 7.70. The Morgan fingerprint density at radius 1 is 1.00 bits per heavy atom. The second-order valence-corrected chi connectivity index (χ2v) is 7.05. The third kappa shape index (κ3) is 6.01. The Bertz CT molecular complexity index is 854. The van der Waals surface area contributed by atoms with Crippen molar-refractivity contribution in [3.63, 3.8) is 0 Å². The van der Waals surface area contributed by atoms with Gasteiger partial charge in [0.2, 0.25) is 5.91 Å². The Balaban J connectivity index is 2.07. The maximum absolute atomic E-state index is 14.0. The van der Waals surface area contributed by atoms with E-state index in [2.05, 4.69) is 10.6 Å². The maximum Gasteiger partial charge on any atom is 0.251 e. The first-order valence-electron chi connectivity index (χ1n) is 9.52. The Morgan fingerprint density at radius 3 is 2.21 bits per heavy atom. The van der Waals surface area contributed by atoms with Gasteiger partial charge in [0, 0.05) is 17.2 Å². The van der Waals surface area contributed by atoms with Gasteiger partial charge in [-0.2, -0.15) is 0 Å². The van der Waals surface area contributed by atoms with Crippen LogP contribution in [-0.2, 0) is 4.79 Å². The summed E-state index contributed by atoms with van der Waals surface area (Å²) in [6, 6.07) is 8.29. The average Bonchev–Trinajstić information content (AvgIpc) is 2.66. The molecule has 0 aromatic heterocycles. The number of benzene rings is 2. The number of rotatable bonds is 8. The molecule has 0 fully saturated rings. The molecule has 2 aromatic carbocycles. The van der Waals surface area contributed by atoms with Crippen LogP contribution >= 0.6 is 0 Å². The summed E-state index contributed by atoms with van der Waals surface area (Å²) in [4.78, 5) is 25.3. The highest BCUT2D eigenvalue weighted by Gasteiger charge is 2.26. The summed E-state index contributed by atoms with van der Waals surface area (Å²) in [7, 11) is 0. The van der Waals surface area contributed by atoms with Gasteiger partial charge in [-0.25, -0.2) is 8.78 Å². The van der Waals surface area contributed by atoms with Crippen molar-refractivity contribution in [3.05, 3.63) is 65.2 Å². The molecule has 2 amide bonds. The van der Waals surface area contributed by atoms with Gasteiger partial charge in [-0.05, 0) is 50.1 Å². The first-order valence-corrected chi connectivity index (χ1v) is 9.52. The first kappa shape index (κ1) is 22.3. The van der Waals surface area contributed by atoms with Crippen molar-refractivity contribution in [1.29, 1.82) is 0 Å². The van der Waals surface area contributed by atoms with Gasteiger partial charge >= 0.3 is 0 Å². The molecular weight excluding hydrogens is 378 g/mol. The summed E-state index contributed by atoms with van der Waals surface area (Å²) >= 11 is 0. The minimum Gasteiger partial charge on any atom is -0.494 e. The molecule has 0 aliphatic rings. The highest BCUT2D eigenvalue weighted by Crippen LogP contribution is 2.18. The normalized spacial score (nSPS) is 12.9. The summed E-state index contributed by atoms with van der Waals surface area (Å²) in [6.07, 6.45) is 0. The standard InChI is InChI=1S/C22H26F2N2O3/c1-5-29-17-9-6-15(7-10-17)21(27)26-20(13(2)3)22(28)25-14(4)18-11-8-16(23)12-19(18)24/h6-14,20H,5H2,1-4H3,(H,25,28)(H,26,27). The zero-order valence-corrected chi connectivity index (χ0v) is 17.0. The van der Waals surface area contributed by atoms with Crippen LogP contribution in [0.4, 0.5) is 8.78 Å². The second kappa shape index (κ2) is 10.0. The first-order chi connectivity index (χ1) is 13.7. The minimum absolute atomic E-state index is 0.167. The third-order valence-electron chi connectivity index (χ3n) is 4.45. The molecule has 0 radical (unpaired) electrons. The van der Waals surface area contributed by atoms with E-state index in [0.717, 1.165) is 12.1 Å². The quantitative estimate of drug-likeness (QED) is 0.699. The molecule has 2 atom stereocenters. The van der Waals surface area contributed by atoms with Crippen LogP contribution in [0, 0.1) is 17.6 Å². The lowest BCUT2D eigenvalue weighted by Gasteiger charge is -2.24. The fourth-order valence-corrected chi connectivity index (χ4v) is 2.86. The SMILES string of the molecule is CCOc1ccc(C(=O)NC(C(=O)NC(C)c2ccc(F)cc2F)C(C)C)cc1. The minimum atomic E-state index is -0.819. The number of ether oxygens (including phenoxy) is 1. The van der Waals surface area contributed by atoms with Crippen LogP contribution in [0.5, 0.6) is 5.75 Å². The van der Waals surface area contributed by atoms with Crippen LogP contribution in [0.25, 0.3) is 0 Å². The van der Waals surface area contributed by atoms with Crippen molar-refractivity contribution in [1.82, 2.24) is 10.6 Å². The number of amides is 2. The van der Waals surface area contributed by atoms with Crippen LogP contribution in [-0.4, -0.2) is 24.5 Å². The number of carbonyl (C=O) groups is 2. The molecule has 0 saturated carbocycles. The number of hydrogen-bond acceptors (Lipinski definition) is 3. The predicted octanol–water partition coefficient (Wildman–Crippen LogP) is 4.00. The molecule has 29 heavy (non-hydrogen) atoms. The highest BCUT2D eigenvalue weighted by molar-refractivity contribution is 5.97. The molecule has 7 heteroatoms. The van der Waals surface area contributed by atoms with Crippen molar-refractivity contribution in [2.75, 3.05) is 6.61 Å². The third-order valence-corrected chi connectivity index (χ3v) is 4.45. The summed E-state index contributed by atoms with van der Waals surface area (Å²) in [5.41, 5.74) is 0.560. The zero-order chi connectivity index (χ0) is 21.6. The van der Waals surface area contributed by atoms with E-state index in [1.165, 1.54) is 6.07 Å². The van der Waals surface area contributed by atoms with E-state index >= 15 is 0 Å². The van der Waals surface area contributed by atoms with Crippen molar-refractivity contribution in [2.24, 2.45) is 5.92 Å². The topological polar surface area (TPSA) is 67.4 Å². The summed E-state index contributed by atoms with van der Waals surface area (Å²) in [6.45, 7) is 7.58. The van der Waals surface area contributed by atoms with Crippen molar-refractivity contribution in [2.45, 2.75) is 39.8 Å². The fraction of sp³-hybridized carbons (Fsp3) is 0.364. The van der Waals surface area contributed by atoms with Crippen molar-refractivity contribution in [3.8, 4) is 5.75 Å². The molecule has 5 nitrogen and oxygen atoms in total. The predicted molar refractivity (Wildman–Crippen MR) is 107 cm³/mol. The van der Waals surface area contributed by atoms with Gasteiger partial charge in [-0.15, -0.1) is 0 Å². The molecule has 0 heterocycles. The van der Waals surface area contributed by atoms with E-state index in [0.29, 0.717) is 17.9 Å². The van der Waals surface area contributed by atoms with Crippen molar-refractivity contribution < 1.29 is 23.1 Å². The lowest BCUT2D eigenvalue weighted by atomic mass is 10.0. The second-order valence-electron chi connectivity index (χ2n) is 7.05. The molecule has 2 aromatic rings. The van der Waals surface area contributed by atoms with Crippen LogP contribution in [0.15, 0.2) is 42.5 Å². The van der Waals surface area contributed by atoms with E-state index in [9.17, 15) is 18.4 Å². The summed E-state index contributed by atoms with van der Waals surface area (Å²) in [5.74, 6) is -1.83. The monoisotopic (exact) mass is 404 g/mol. The van der Waals surface area contributed by atoms with Gasteiger partial charge in [0.05, 0.1) is 12.6 Å². The van der Waals surface area contributed by atoms with Gasteiger partial charge in [-0.3, -0.25) is 9.59 Å². The molecule has 2 rings (SSSR count). The lowest BCUT2D eigenvalue weighted by Crippen LogP contribution is -2.50. The maximum atomic E-state index is 14.0. The summed E-state index contributed by atoms with van der Waals surface area (Å²) < 4.78 is 32.4. The van der Waals surface area contributed by atoms with Crippen LogP contribution in [0.2, 0.25) is 0 Å². The molecule has 0 aliphatic carbocycles. The summed E-state index contributed by atoms with van der Waals surface area (Å²) in [5, 5.41) is 5.40. The highest BCUT2D eigenvalue weighted by atomic mass is 19.1. The molecule has 2 N–H and O–H groups in total. The molecule has 0 saturated heterocycles. The molecule has 0 spiro atoms. The van der Waals surface area contributed by atoms with Gasteiger partial charge in [0.1, 0.15) is 23.4 Å². The Hall–Kier alpha value is -2.96. The fourth-order valence-electron chi connectivity index (χ4n) is 2.86. The van der Waals surface area contributed by atoms with E-state index in [1.54, 1.807) is 45.0 Å². The van der Waals surface area contributed by atoms with Gasteiger partial charge in [0.15, 0.2) is 0 Å². The number of carbonyl (C=O) groups excluding carboxylic acids is 2. The lowest BCUT2D eigenvalue weighted by molar-refractivity contribution is -0.124. The zero-order valence-electron chi connectivity index (χ0n) is 17.0.